The molecule has 1 aliphatic heterocycles. The van der Waals surface area contributed by atoms with Crippen LogP contribution in [0.1, 0.15) is 18.9 Å². The molecule has 1 N–H and O–H groups in total. The Morgan fingerprint density at radius 2 is 1.65 bits per heavy atom. The second kappa shape index (κ2) is 8.89. The minimum Gasteiger partial charge on any atom is -0.339 e. The van der Waals surface area contributed by atoms with E-state index in [1.54, 1.807) is 11.8 Å². The monoisotopic (exact) mass is 337 g/mol. The van der Waals surface area contributed by atoms with Crippen molar-refractivity contribution in [1.82, 2.24) is 15.1 Å². The lowest BCUT2D eigenvalue weighted by molar-refractivity contribution is -0.138. The molecule has 0 radical (unpaired) electrons. The van der Waals surface area contributed by atoms with Crippen LogP contribution in [0.5, 0.6) is 0 Å². The first-order valence-corrected chi connectivity index (χ1v) is 8.42. The van der Waals surface area contributed by atoms with E-state index in [0.29, 0.717) is 39.1 Å². The Morgan fingerprint density at radius 1 is 1.04 bits per heavy atom. The molecule has 1 aliphatic rings. The quantitative estimate of drug-likeness (QED) is 0.801. The van der Waals surface area contributed by atoms with Crippen LogP contribution in [0.15, 0.2) is 24.3 Å². The Hall–Kier alpha value is -1.59. The Balaban J connectivity index is 1.58. The van der Waals surface area contributed by atoms with E-state index in [0.717, 1.165) is 18.0 Å². The van der Waals surface area contributed by atoms with E-state index in [1.165, 1.54) is 5.56 Å². The van der Waals surface area contributed by atoms with E-state index in [-0.39, 0.29) is 11.8 Å². The van der Waals surface area contributed by atoms with E-state index in [4.69, 9.17) is 11.6 Å². The Labute approximate surface area is 142 Å². The van der Waals surface area contributed by atoms with Gasteiger partial charge in [-0.2, -0.15) is 0 Å². The van der Waals surface area contributed by atoms with Crippen LogP contribution in [-0.4, -0.2) is 60.9 Å². The van der Waals surface area contributed by atoms with Crippen molar-refractivity contribution in [2.75, 3.05) is 39.3 Å². The lowest BCUT2D eigenvalue weighted by Crippen LogP contribution is -2.50. The maximum absolute atomic E-state index is 12.1. The summed E-state index contributed by atoms with van der Waals surface area (Å²) in [5, 5.41) is 4.05. The van der Waals surface area contributed by atoms with Crippen LogP contribution in [-0.2, 0) is 16.0 Å². The molecule has 0 aliphatic carbocycles. The maximum Gasteiger partial charge on any atom is 0.223 e. The maximum atomic E-state index is 12.1. The molecule has 1 heterocycles. The fraction of sp³-hybridized carbons (Fsp3) is 0.529. The molecule has 23 heavy (non-hydrogen) atoms. The van der Waals surface area contributed by atoms with Crippen molar-refractivity contribution < 1.29 is 9.59 Å². The molecule has 2 amide bonds. The van der Waals surface area contributed by atoms with Gasteiger partial charge in [-0.1, -0.05) is 23.7 Å². The van der Waals surface area contributed by atoms with Gasteiger partial charge in [0.2, 0.25) is 11.8 Å². The van der Waals surface area contributed by atoms with E-state index in [2.05, 4.69) is 5.32 Å². The minimum atomic E-state index is 0.0842. The van der Waals surface area contributed by atoms with Crippen LogP contribution >= 0.6 is 11.6 Å². The molecule has 1 aromatic rings. The normalized spacial score (nSPS) is 14.9. The van der Waals surface area contributed by atoms with Crippen LogP contribution in [0.2, 0.25) is 5.02 Å². The van der Waals surface area contributed by atoms with Crippen molar-refractivity contribution in [3.8, 4) is 0 Å². The van der Waals surface area contributed by atoms with Gasteiger partial charge in [-0.05, 0) is 30.7 Å². The molecular weight excluding hydrogens is 314 g/mol. The lowest BCUT2D eigenvalue weighted by Gasteiger charge is -2.34. The highest BCUT2D eigenvalue weighted by molar-refractivity contribution is 6.30. The first-order valence-electron chi connectivity index (χ1n) is 8.04. The van der Waals surface area contributed by atoms with Crippen LogP contribution in [0.3, 0.4) is 0 Å². The molecule has 126 valence electrons. The number of nitrogens with zero attached hydrogens (tertiary/aromatic N) is 2. The summed E-state index contributed by atoms with van der Waals surface area (Å²) in [5.74, 6) is 0.244. The van der Waals surface area contributed by atoms with Crippen molar-refractivity contribution in [3.05, 3.63) is 34.9 Å². The third-order valence-electron chi connectivity index (χ3n) is 4.10. The van der Waals surface area contributed by atoms with Gasteiger partial charge in [-0.25, -0.2) is 0 Å². The van der Waals surface area contributed by atoms with Crippen molar-refractivity contribution in [2.24, 2.45) is 0 Å². The molecule has 6 heteroatoms. The van der Waals surface area contributed by atoms with E-state index in [1.807, 2.05) is 29.2 Å². The summed E-state index contributed by atoms with van der Waals surface area (Å²) in [6.07, 6.45) is 1.42. The zero-order chi connectivity index (χ0) is 16.7. The van der Waals surface area contributed by atoms with E-state index < -0.39 is 0 Å². The van der Waals surface area contributed by atoms with Gasteiger partial charge in [-0.15, -0.1) is 0 Å². The number of amides is 2. The second-order valence-electron chi connectivity index (χ2n) is 5.76. The van der Waals surface area contributed by atoms with Gasteiger partial charge in [0.05, 0.1) is 0 Å². The molecule has 0 aromatic heterocycles. The molecule has 1 aromatic carbocycles. The standard InChI is InChI=1S/C17H24ClN3O2/c1-14(22)20-10-12-21(13-11-20)17(23)7-9-19-8-6-15-2-4-16(18)5-3-15/h2-5,19H,6-13H2,1H3. The SMILES string of the molecule is CC(=O)N1CCN(C(=O)CCNCCc2ccc(Cl)cc2)CC1. The third kappa shape index (κ3) is 5.84. The largest absolute Gasteiger partial charge is 0.339 e. The number of hydrogen-bond donors (Lipinski definition) is 1. The van der Waals surface area contributed by atoms with Crippen molar-refractivity contribution >= 4 is 23.4 Å². The second-order valence-corrected chi connectivity index (χ2v) is 6.20. The Kier molecular flexibility index (Phi) is 6.86. The summed E-state index contributed by atoms with van der Waals surface area (Å²) < 4.78 is 0. The summed E-state index contributed by atoms with van der Waals surface area (Å²) in [6, 6.07) is 7.82. The van der Waals surface area contributed by atoms with Gasteiger partial charge in [-0.3, -0.25) is 9.59 Å². The fourth-order valence-corrected chi connectivity index (χ4v) is 2.76. The summed E-state index contributed by atoms with van der Waals surface area (Å²) in [4.78, 5) is 27.0. The number of nitrogens with one attached hydrogen (secondary N) is 1. The Bertz CT molecular complexity index is 525. The molecule has 2 rings (SSSR count). The van der Waals surface area contributed by atoms with Gasteiger partial charge in [0.1, 0.15) is 0 Å². The summed E-state index contributed by atoms with van der Waals surface area (Å²) in [7, 11) is 0. The van der Waals surface area contributed by atoms with Crippen LogP contribution in [0.25, 0.3) is 0 Å². The lowest BCUT2D eigenvalue weighted by atomic mass is 10.1. The Morgan fingerprint density at radius 3 is 2.26 bits per heavy atom. The zero-order valence-electron chi connectivity index (χ0n) is 13.6. The van der Waals surface area contributed by atoms with Crippen molar-refractivity contribution in [2.45, 2.75) is 19.8 Å². The number of rotatable bonds is 6. The third-order valence-corrected chi connectivity index (χ3v) is 4.35. The molecule has 1 fully saturated rings. The number of carbonyl (C=O) groups is 2. The van der Waals surface area contributed by atoms with Gasteiger partial charge in [0.15, 0.2) is 0 Å². The first kappa shape index (κ1) is 17.8. The molecule has 0 saturated carbocycles. The van der Waals surface area contributed by atoms with Crippen molar-refractivity contribution in [3.63, 3.8) is 0 Å². The molecule has 0 atom stereocenters. The molecular formula is C17H24ClN3O2. The molecule has 0 bridgehead atoms. The van der Waals surface area contributed by atoms with Crippen molar-refractivity contribution in [1.29, 1.82) is 0 Å². The summed E-state index contributed by atoms with van der Waals surface area (Å²) in [6.45, 7) is 5.66. The average molecular weight is 338 g/mol. The summed E-state index contributed by atoms with van der Waals surface area (Å²) >= 11 is 5.85. The van der Waals surface area contributed by atoms with Crippen LogP contribution in [0.4, 0.5) is 0 Å². The highest BCUT2D eigenvalue weighted by Crippen LogP contribution is 2.09. The number of piperazine rings is 1. The zero-order valence-corrected chi connectivity index (χ0v) is 14.3. The predicted molar refractivity (Wildman–Crippen MR) is 91.5 cm³/mol. The fourth-order valence-electron chi connectivity index (χ4n) is 2.63. The van der Waals surface area contributed by atoms with Gasteiger partial charge in [0, 0.05) is 51.1 Å². The number of benzene rings is 1. The topological polar surface area (TPSA) is 52.7 Å². The number of halogens is 1. The van der Waals surface area contributed by atoms with Crippen LogP contribution in [0, 0.1) is 0 Å². The highest BCUT2D eigenvalue weighted by Gasteiger charge is 2.21. The first-order chi connectivity index (χ1) is 11.1. The molecule has 1 saturated heterocycles. The predicted octanol–water partition coefficient (Wildman–Crippen LogP) is 1.55. The van der Waals surface area contributed by atoms with Crippen LogP contribution < -0.4 is 5.32 Å². The summed E-state index contributed by atoms with van der Waals surface area (Å²) in [5.41, 5.74) is 1.23. The molecule has 0 spiro atoms. The van der Waals surface area contributed by atoms with E-state index in [9.17, 15) is 9.59 Å². The van der Waals surface area contributed by atoms with Gasteiger partial charge >= 0.3 is 0 Å². The minimum absolute atomic E-state index is 0.0842. The van der Waals surface area contributed by atoms with Gasteiger partial charge in [0.25, 0.3) is 0 Å². The highest BCUT2D eigenvalue weighted by atomic mass is 35.5. The molecule has 0 unspecified atom stereocenters. The smallest absolute Gasteiger partial charge is 0.223 e. The molecule has 5 nitrogen and oxygen atoms in total. The average Bonchev–Trinajstić information content (AvgIpc) is 2.56. The number of hydrogen-bond acceptors (Lipinski definition) is 3. The van der Waals surface area contributed by atoms with Gasteiger partial charge < -0.3 is 15.1 Å². The number of carbonyl (C=O) groups excluding carboxylic acids is 2. The van der Waals surface area contributed by atoms with E-state index >= 15 is 0 Å².